The highest BCUT2D eigenvalue weighted by Gasteiger charge is 2.24. The van der Waals surface area contributed by atoms with E-state index >= 15 is 0 Å². The summed E-state index contributed by atoms with van der Waals surface area (Å²) in [6.45, 7) is 2.18. The molecule has 1 fully saturated rings. The normalized spacial score (nSPS) is 15.5. The molecule has 136 valence electrons. The van der Waals surface area contributed by atoms with Crippen LogP contribution in [-0.2, 0) is 6.42 Å². The number of carbonyl (C=O) groups is 1. The topological polar surface area (TPSA) is 76.8 Å². The number of likely N-dealkylation sites (tertiary alicyclic amines) is 1. The van der Waals surface area contributed by atoms with Crippen LogP contribution >= 0.6 is 11.6 Å². The Bertz CT molecular complexity index is 881. The lowest BCUT2D eigenvalue weighted by Crippen LogP contribution is -2.44. The van der Waals surface area contributed by atoms with Crippen LogP contribution < -0.4 is 5.32 Å². The Balaban J connectivity index is 1.27. The zero-order valence-electron chi connectivity index (χ0n) is 14.5. The number of rotatable bonds is 4. The molecule has 0 atom stereocenters. The van der Waals surface area contributed by atoms with Gasteiger partial charge in [0.05, 0.1) is 6.20 Å². The molecule has 3 heterocycles. The molecule has 0 bridgehead atoms. The standard InChI is InChI=1S/C19H22ClN5O/c20-16-1-2-18-17(9-16)14(10-22-18)3-6-21-19(26)25-7-4-13(5-8-25)15-11-23-24-12-15/h1-2,9-13,22H,3-8H2,(H,21,26)(H,23,24). The zero-order chi connectivity index (χ0) is 17.9. The maximum Gasteiger partial charge on any atom is 0.317 e. The molecule has 3 aromatic rings. The number of carbonyl (C=O) groups excluding carboxylic acids is 1. The van der Waals surface area contributed by atoms with Gasteiger partial charge in [0.1, 0.15) is 0 Å². The van der Waals surface area contributed by atoms with Gasteiger partial charge >= 0.3 is 6.03 Å². The fourth-order valence-electron chi connectivity index (χ4n) is 3.67. The van der Waals surface area contributed by atoms with E-state index in [4.69, 9.17) is 11.6 Å². The molecule has 1 aromatic carbocycles. The Morgan fingerprint density at radius 2 is 2.15 bits per heavy atom. The number of piperidine rings is 1. The summed E-state index contributed by atoms with van der Waals surface area (Å²) in [5.41, 5.74) is 3.47. The number of urea groups is 1. The molecule has 4 rings (SSSR count). The van der Waals surface area contributed by atoms with Crippen LogP contribution in [-0.4, -0.2) is 45.7 Å². The van der Waals surface area contributed by atoms with Crippen LogP contribution in [0, 0.1) is 0 Å². The fraction of sp³-hybridized carbons (Fsp3) is 0.368. The lowest BCUT2D eigenvalue weighted by atomic mass is 9.92. The van der Waals surface area contributed by atoms with Crippen molar-refractivity contribution in [3.05, 3.63) is 52.9 Å². The molecule has 26 heavy (non-hydrogen) atoms. The molecule has 2 aromatic heterocycles. The van der Waals surface area contributed by atoms with E-state index in [0.717, 1.165) is 48.3 Å². The van der Waals surface area contributed by atoms with Gasteiger partial charge in [0.25, 0.3) is 0 Å². The van der Waals surface area contributed by atoms with Crippen LogP contribution in [0.25, 0.3) is 10.9 Å². The van der Waals surface area contributed by atoms with Crippen molar-refractivity contribution >= 4 is 28.5 Å². The number of hydrogen-bond acceptors (Lipinski definition) is 2. The molecular formula is C19H22ClN5O. The number of aromatic amines is 2. The van der Waals surface area contributed by atoms with Crippen molar-refractivity contribution < 1.29 is 4.79 Å². The van der Waals surface area contributed by atoms with E-state index in [1.165, 1.54) is 11.1 Å². The largest absolute Gasteiger partial charge is 0.361 e. The number of fused-ring (bicyclic) bond motifs is 1. The Labute approximate surface area is 156 Å². The first-order valence-corrected chi connectivity index (χ1v) is 9.35. The minimum atomic E-state index is 0.0218. The van der Waals surface area contributed by atoms with E-state index in [1.807, 2.05) is 41.7 Å². The molecule has 1 aliphatic heterocycles. The van der Waals surface area contributed by atoms with Gasteiger partial charge in [0, 0.05) is 48.0 Å². The van der Waals surface area contributed by atoms with Gasteiger partial charge in [-0.3, -0.25) is 5.10 Å². The maximum atomic E-state index is 12.4. The molecule has 6 nitrogen and oxygen atoms in total. The minimum absolute atomic E-state index is 0.0218. The van der Waals surface area contributed by atoms with Crippen LogP contribution in [0.1, 0.15) is 29.9 Å². The second-order valence-corrected chi connectivity index (χ2v) is 7.22. The van der Waals surface area contributed by atoms with Crippen molar-refractivity contribution in [2.24, 2.45) is 0 Å². The lowest BCUT2D eigenvalue weighted by Gasteiger charge is -2.31. The predicted octanol–water partition coefficient (Wildman–Crippen LogP) is 3.68. The summed E-state index contributed by atoms with van der Waals surface area (Å²) >= 11 is 6.09. The van der Waals surface area contributed by atoms with Gasteiger partial charge < -0.3 is 15.2 Å². The van der Waals surface area contributed by atoms with E-state index in [9.17, 15) is 4.79 Å². The third-order valence-corrected chi connectivity index (χ3v) is 5.41. The lowest BCUT2D eigenvalue weighted by molar-refractivity contribution is 0.181. The van der Waals surface area contributed by atoms with Gasteiger partial charge in [0.2, 0.25) is 0 Å². The Kier molecular flexibility index (Phi) is 4.84. The van der Waals surface area contributed by atoms with Gasteiger partial charge in [-0.2, -0.15) is 5.10 Å². The first-order valence-electron chi connectivity index (χ1n) is 8.97. The quantitative estimate of drug-likeness (QED) is 0.654. The number of H-pyrrole nitrogens is 2. The average molecular weight is 372 g/mol. The highest BCUT2D eigenvalue weighted by Crippen LogP contribution is 2.27. The smallest absolute Gasteiger partial charge is 0.317 e. The second-order valence-electron chi connectivity index (χ2n) is 6.78. The SMILES string of the molecule is O=C(NCCc1c[nH]c2ccc(Cl)cc12)N1CCC(c2cn[nH]c2)CC1. The molecule has 1 saturated heterocycles. The van der Waals surface area contributed by atoms with Crippen molar-refractivity contribution in [1.82, 2.24) is 25.4 Å². The number of nitrogens with zero attached hydrogens (tertiary/aromatic N) is 2. The Hall–Kier alpha value is -2.47. The number of benzene rings is 1. The first-order chi connectivity index (χ1) is 12.7. The number of hydrogen-bond donors (Lipinski definition) is 3. The number of nitrogens with one attached hydrogen (secondary N) is 3. The molecule has 1 aliphatic rings. The highest BCUT2D eigenvalue weighted by molar-refractivity contribution is 6.31. The summed E-state index contributed by atoms with van der Waals surface area (Å²) in [6.07, 6.45) is 8.56. The van der Waals surface area contributed by atoms with Crippen molar-refractivity contribution in [1.29, 1.82) is 0 Å². The predicted molar refractivity (Wildman–Crippen MR) is 103 cm³/mol. The number of aromatic nitrogens is 3. The van der Waals surface area contributed by atoms with Gasteiger partial charge in [-0.05, 0) is 54.5 Å². The molecule has 3 N–H and O–H groups in total. The first kappa shape index (κ1) is 17.0. The minimum Gasteiger partial charge on any atom is -0.361 e. The molecule has 0 unspecified atom stereocenters. The monoisotopic (exact) mass is 371 g/mol. The molecule has 0 aliphatic carbocycles. The highest BCUT2D eigenvalue weighted by atomic mass is 35.5. The fourth-order valence-corrected chi connectivity index (χ4v) is 3.85. The number of amides is 2. The molecular weight excluding hydrogens is 350 g/mol. The molecule has 7 heteroatoms. The van der Waals surface area contributed by atoms with Crippen LogP contribution in [0.2, 0.25) is 5.02 Å². The maximum absolute atomic E-state index is 12.4. The van der Waals surface area contributed by atoms with Crippen molar-refractivity contribution in [2.45, 2.75) is 25.2 Å². The third-order valence-electron chi connectivity index (χ3n) is 5.17. The van der Waals surface area contributed by atoms with Crippen molar-refractivity contribution in [2.75, 3.05) is 19.6 Å². The summed E-state index contributed by atoms with van der Waals surface area (Å²) in [6, 6.07) is 5.84. The summed E-state index contributed by atoms with van der Waals surface area (Å²) in [5.74, 6) is 0.494. The van der Waals surface area contributed by atoms with Gasteiger partial charge in [-0.15, -0.1) is 0 Å². The Morgan fingerprint density at radius 3 is 2.92 bits per heavy atom. The summed E-state index contributed by atoms with van der Waals surface area (Å²) < 4.78 is 0. The average Bonchev–Trinajstić information content (AvgIpc) is 3.32. The molecule has 0 saturated carbocycles. The zero-order valence-corrected chi connectivity index (χ0v) is 15.2. The molecule has 0 spiro atoms. The summed E-state index contributed by atoms with van der Waals surface area (Å²) in [5, 5.41) is 11.8. The van der Waals surface area contributed by atoms with Gasteiger partial charge in [-0.1, -0.05) is 11.6 Å². The Morgan fingerprint density at radius 1 is 1.31 bits per heavy atom. The molecule has 0 radical (unpaired) electrons. The molecule has 2 amide bonds. The summed E-state index contributed by atoms with van der Waals surface area (Å²) in [7, 11) is 0. The van der Waals surface area contributed by atoms with E-state index in [0.29, 0.717) is 12.5 Å². The van der Waals surface area contributed by atoms with Crippen LogP contribution in [0.15, 0.2) is 36.8 Å². The van der Waals surface area contributed by atoms with E-state index in [-0.39, 0.29) is 6.03 Å². The van der Waals surface area contributed by atoms with E-state index in [2.05, 4.69) is 20.5 Å². The van der Waals surface area contributed by atoms with Gasteiger partial charge in [0.15, 0.2) is 0 Å². The van der Waals surface area contributed by atoms with E-state index in [1.54, 1.807) is 0 Å². The third kappa shape index (κ3) is 3.55. The van der Waals surface area contributed by atoms with Crippen molar-refractivity contribution in [3.8, 4) is 0 Å². The van der Waals surface area contributed by atoms with E-state index < -0.39 is 0 Å². The van der Waals surface area contributed by atoms with Crippen LogP contribution in [0.3, 0.4) is 0 Å². The second kappa shape index (κ2) is 7.41. The van der Waals surface area contributed by atoms with Crippen LogP contribution in [0.5, 0.6) is 0 Å². The van der Waals surface area contributed by atoms with Crippen LogP contribution in [0.4, 0.5) is 4.79 Å². The summed E-state index contributed by atoms with van der Waals surface area (Å²) in [4.78, 5) is 17.6. The van der Waals surface area contributed by atoms with Crippen molar-refractivity contribution in [3.63, 3.8) is 0 Å². The number of halogens is 1. The van der Waals surface area contributed by atoms with Gasteiger partial charge in [-0.25, -0.2) is 4.79 Å².